The Hall–Kier alpha value is -1.51. The number of oxime groups is 1. The van der Waals surface area contributed by atoms with E-state index < -0.39 is 0 Å². The number of aromatic amines is 1. The number of H-pyrrole nitrogens is 1. The maximum atomic E-state index is 8.47. The summed E-state index contributed by atoms with van der Waals surface area (Å²) in [7, 11) is 0. The highest BCUT2D eigenvalue weighted by Crippen LogP contribution is 2.04. The topological polar surface area (TPSA) is 48.4 Å². The van der Waals surface area contributed by atoms with Gasteiger partial charge in [-0.25, -0.2) is 0 Å². The van der Waals surface area contributed by atoms with Gasteiger partial charge in [0, 0.05) is 11.9 Å². The molecule has 0 aliphatic rings. The van der Waals surface area contributed by atoms with E-state index >= 15 is 0 Å². The Kier molecular flexibility index (Phi) is 2.69. The van der Waals surface area contributed by atoms with E-state index in [1.54, 1.807) is 6.92 Å². The molecule has 2 N–H and O–H groups in total. The van der Waals surface area contributed by atoms with Crippen molar-refractivity contribution in [2.24, 2.45) is 5.16 Å². The van der Waals surface area contributed by atoms with Crippen LogP contribution in [0.15, 0.2) is 29.1 Å². The van der Waals surface area contributed by atoms with Crippen molar-refractivity contribution in [2.75, 3.05) is 0 Å². The molecule has 0 amide bonds. The summed E-state index contributed by atoms with van der Waals surface area (Å²) in [6, 6.07) is 3.87. The van der Waals surface area contributed by atoms with Crippen LogP contribution in [0.2, 0.25) is 0 Å². The molecule has 0 aliphatic heterocycles. The van der Waals surface area contributed by atoms with Gasteiger partial charge in [0.25, 0.3) is 0 Å². The monoisotopic (exact) mass is 164 g/mol. The SMILES string of the molecule is CC(=C/c1ccc[nH]1)/C(C)=N/O. The van der Waals surface area contributed by atoms with Crippen LogP contribution in [0.1, 0.15) is 19.5 Å². The highest BCUT2D eigenvalue weighted by molar-refractivity contribution is 6.00. The van der Waals surface area contributed by atoms with Crippen LogP contribution in [0.4, 0.5) is 0 Å². The molecule has 1 rings (SSSR count). The molecule has 0 atom stereocenters. The highest BCUT2D eigenvalue weighted by Gasteiger charge is 1.95. The molecular weight excluding hydrogens is 152 g/mol. The summed E-state index contributed by atoms with van der Waals surface area (Å²) in [4.78, 5) is 3.03. The molecule has 64 valence electrons. The normalized spacial score (nSPS) is 13.5. The van der Waals surface area contributed by atoms with Crippen LogP contribution in [0, 0.1) is 0 Å². The van der Waals surface area contributed by atoms with E-state index in [9.17, 15) is 0 Å². The second-order valence-electron chi connectivity index (χ2n) is 2.64. The zero-order chi connectivity index (χ0) is 8.97. The van der Waals surface area contributed by atoms with Gasteiger partial charge in [0.15, 0.2) is 0 Å². The predicted octanol–water partition coefficient (Wildman–Crippen LogP) is 2.27. The van der Waals surface area contributed by atoms with Gasteiger partial charge in [0.2, 0.25) is 0 Å². The summed E-state index contributed by atoms with van der Waals surface area (Å²) in [5.74, 6) is 0. The van der Waals surface area contributed by atoms with Crippen molar-refractivity contribution >= 4 is 11.8 Å². The van der Waals surface area contributed by atoms with E-state index in [4.69, 9.17) is 5.21 Å². The molecular formula is C9H12N2O. The van der Waals surface area contributed by atoms with E-state index in [0.717, 1.165) is 11.3 Å². The minimum absolute atomic E-state index is 0.629. The van der Waals surface area contributed by atoms with Crippen molar-refractivity contribution in [3.8, 4) is 0 Å². The lowest BCUT2D eigenvalue weighted by Gasteiger charge is -1.95. The van der Waals surface area contributed by atoms with Crippen LogP contribution >= 0.6 is 0 Å². The maximum Gasteiger partial charge on any atom is 0.0794 e. The summed E-state index contributed by atoms with van der Waals surface area (Å²) < 4.78 is 0. The van der Waals surface area contributed by atoms with Crippen molar-refractivity contribution in [3.63, 3.8) is 0 Å². The van der Waals surface area contributed by atoms with Crippen molar-refractivity contribution in [1.29, 1.82) is 0 Å². The fraction of sp³-hybridized carbons (Fsp3) is 0.222. The minimum atomic E-state index is 0.629. The van der Waals surface area contributed by atoms with Gasteiger partial charge in [-0.1, -0.05) is 5.16 Å². The second-order valence-corrected chi connectivity index (χ2v) is 2.64. The molecule has 0 bridgehead atoms. The van der Waals surface area contributed by atoms with Gasteiger partial charge in [-0.3, -0.25) is 0 Å². The van der Waals surface area contributed by atoms with Crippen LogP contribution in [0.3, 0.4) is 0 Å². The number of allylic oxidation sites excluding steroid dienone is 1. The summed E-state index contributed by atoms with van der Waals surface area (Å²) in [5, 5.41) is 11.6. The molecule has 12 heavy (non-hydrogen) atoms. The third-order valence-electron chi connectivity index (χ3n) is 1.71. The van der Waals surface area contributed by atoms with Gasteiger partial charge in [-0.05, 0) is 37.6 Å². The Labute approximate surface area is 71.4 Å². The summed E-state index contributed by atoms with van der Waals surface area (Å²) >= 11 is 0. The van der Waals surface area contributed by atoms with Crippen LogP contribution < -0.4 is 0 Å². The lowest BCUT2D eigenvalue weighted by molar-refractivity contribution is 0.319. The smallest absolute Gasteiger partial charge is 0.0794 e. The first-order chi connectivity index (χ1) is 5.74. The Bertz CT molecular complexity index is 296. The van der Waals surface area contributed by atoms with Crippen LogP contribution in [0.5, 0.6) is 0 Å². The average Bonchev–Trinajstić information content (AvgIpc) is 2.55. The fourth-order valence-corrected chi connectivity index (χ4v) is 0.851. The fourth-order valence-electron chi connectivity index (χ4n) is 0.851. The van der Waals surface area contributed by atoms with E-state index in [1.165, 1.54) is 0 Å². The molecule has 1 aromatic heterocycles. The van der Waals surface area contributed by atoms with Gasteiger partial charge in [0.1, 0.15) is 0 Å². The molecule has 1 heterocycles. The molecule has 0 aliphatic carbocycles. The number of nitrogens with zero attached hydrogens (tertiary/aromatic N) is 1. The van der Waals surface area contributed by atoms with Gasteiger partial charge in [0.05, 0.1) is 5.71 Å². The summed E-state index contributed by atoms with van der Waals surface area (Å²) in [6.45, 7) is 3.66. The lowest BCUT2D eigenvalue weighted by atomic mass is 10.2. The van der Waals surface area contributed by atoms with E-state index in [0.29, 0.717) is 5.71 Å². The molecule has 0 saturated carbocycles. The molecule has 3 nitrogen and oxygen atoms in total. The lowest BCUT2D eigenvalue weighted by Crippen LogP contribution is -1.92. The van der Waals surface area contributed by atoms with Gasteiger partial charge >= 0.3 is 0 Å². The number of nitrogens with one attached hydrogen (secondary N) is 1. The van der Waals surface area contributed by atoms with Gasteiger partial charge < -0.3 is 10.2 Å². The maximum absolute atomic E-state index is 8.47. The zero-order valence-corrected chi connectivity index (χ0v) is 7.20. The number of hydrogen-bond acceptors (Lipinski definition) is 2. The van der Waals surface area contributed by atoms with Crippen molar-refractivity contribution in [1.82, 2.24) is 4.98 Å². The Morgan fingerprint density at radius 2 is 2.33 bits per heavy atom. The van der Waals surface area contributed by atoms with Gasteiger partial charge in [-0.15, -0.1) is 0 Å². The second kappa shape index (κ2) is 3.76. The largest absolute Gasteiger partial charge is 0.411 e. The quantitative estimate of drug-likeness (QED) is 0.393. The number of hydrogen-bond donors (Lipinski definition) is 2. The van der Waals surface area contributed by atoms with E-state index in [-0.39, 0.29) is 0 Å². The van der Waals surface area contributed by atoms with Crippen LogP contribution in [-0.2, 0) is 0 Å². The van der Waals surface area contributed by atoms with Gasteiger partial charge in [-0.2, -0.15) is 0 Å². The predicted molar refractivity (Wildman–Crippen MR) is 49.3 cm³/mol. The van der Waals surface area contributed by atoms with E-state index in [1.807, 2.05) is 31.3 Å². The molecule has 0 fully saturated rings. The standard InChI is InChI=1S/C9H12N2O/c1-7(8(2)11-12)6-9-4-3-5-10-9/h3-6,10,12H,1-2H3/b7-6-,11-8+. The first-order valence-corrected chi connectivity index (χ1v) is 3.74. The summed E-state index contributed by atoms with van der Waals surface area (Å²) in [6.07, 6.45) is 3.78. The van der Waals surface area contributed by atoms with Crippen molar-refractivity contribution < 1.29 is 5.21 Å². The van der Waals surface area contributed by atoms with Crippen molar-refractivity contribution in [3.05, 3.63) is 29.6 Å². The van der Waals surface area contributed by atoms with Crippen molar-refractivity contribution in [2.45, 2.75) is 13.8 Å². The third-order valence-corrected chi connectivity index (χ3v) is 1.71. The van der Waals surface area contributed by atoms with E-state index in [2.05, 4.69) is 10.1 Å². The molecule has 3 heteroatoms. The first kappa shape index (κ1) is 8.59. The average molecular weight is 164 g/mol. The molecule has 0 radical (unpaired) electrons. The summed E-state index contributed by atoms with van der Waals surface area (Å²) in [5.41, 5.74) is 2.58. The molecule has 0 saturated heterocycles. The Morgan fingerprint density at radius 1 is 1.58 bits per heavy atom. The molecule has 0 aromatic carbocycles. The highest BCUT2D eigenvalue weighted by atomic mass is 16.4. The minimum Gasteiger partial charge on any atom is -0.411 e. The number of rotatable bonds is 2. The third kappa shape index (κ3) is 1.99. The van der Waals surface area contributed by atoms with Crippen LogP contribution in [-0.4, -0.2) is 15.9 Å². The Morgan fingerprint density at radius 3 is 2.83 bits per heavy atom. The molecule has 0 unspecified atom stereocenters. The van der Waals surface area contributed by atoms with Crippen LogP contribution in [0.25, 0.3) is 6.08 Å². The molecule has 0 spiro atoms. The number of aromatic nitrogens is 1. The first-order valence-electron chi connectivity index (χ1n) is 3.74. The molecule has 1 aromatic rings. The zero-order valence-electron chi connectivity index (χ0n) is 7.20. The Balaban J connectivity index is 2.83.